The van der Waals surface area contributed by atoms with Crippen molar-refractivity contribution in [1.82, 2.24) is 5.32 Å². The Morgan fingerprint density at radius 2 is 1.88 bits per heavy atom. The molecule has 0 heterocycles. The molecule has 0 radical (unpaired) electrons. The van der Waals surface area contributed by atoms with Crippen molar-refractivity contribution < 1.29 is 5.11 Å². The second kappa shape index (κ2) is 6.03. The van der Waals surface area contributed by atoms with E-state index in [1.807, 2.05) is 44.3 Å². The second-order valence-electron chi connectivity index (χ2n) is 5.22. The smallest absolute Gasteiger partial charge is 0.0917 e. The molecule has 0 saturated heterocycles. The van der Waals surface area contributed by atoms with Crippen LogP contribution in [0, 0.1) is 0 Å². The van der Waals surface area contributed by atoms with E-state index < -0.39 is 5.60 Å². The van der Waals surface area contributed by atoms with Gasteiger partial charge in [0.2, 0.25) is 0 Å². The van der Waals surface area contributed by atoms with E-state index in [-0.39, 0.29) is 0 Å². The third-order valence-corrected chi connectivity index (χ3v) is 2.67. The number of likely N-dealkylation sites (N-methyl/N-ethyl adjacent to an activating group) is 1. The summed E-state index contributed by atoms with van der Waals surface area (Å²) in [5.74, 6) is 0. The molecule has 1 atom stereocenters. The molecular formula is C14H24N2O. The van der Waals surface area contributed by atoms with Crippen LogP contribution in [-0.2, 0) is 0 Å². The highest BCUT2D eigenvalue weighted by Gasteiger charge is 2.22. The van der Waals surface area contributed by atoms with Crippen molar-refractivity contribution in [3.63, 3.8) is 0 Å². The molecule has 1 aromatic rings. The van der Waals surface area contributed by atoms with Gasteiger partial charge in [-0.1, -0.05) is 32.0 Å². The average Bonchev–Trinajstić information content (AvgIpc) is 2.27. The number of anilines is 1. The lowest BCUT2D eigenvalue weighted by Gasteiger charge is -2.31. The molecule has 96 valence electrons. The summed E-state index contributed by atoms with van der Waals surface area (Å²) in [7, 11) is 2.00. The van der Waals surface area contributed by atoms with Crippen molar-refractivity contribution in [3.05, 3.63) is 30.3 Å². The normalized spacial score (nSPS) is 14.7. The van der Waals surface area contributed by atoms with Crippen molar-refractivity contribution >= 4 is 5.69 Å². The highest BCUT2D eigenvalue weighted by atomic mass is 16.3. The van der Waals surface area contributed by atoms with E-state index in [4.69, 9.17) is 0 Å². The van der Waals surface area contributed by atoms with Gasteiger partial charge in [-0.2, -0.15) is 0 Å². The fourth-order valence-electron chi connectivity index (χ4n) is 1.76. The van der Waals surface area contributed by atoms with Gasteiger partial charge >= 0.3 is 0 Å². The molecule has 0 aliphatic rings. The van der Waals surface area contributed by atoms with Crippen LogP contribution < -0.4 is 10.2 Å². The van der Waals surface area contributed by atoms with Gasteiger partial charge in [-0.25, -0.2) is 0 Å². The Morgan fingerprint density at radius 3 is 2.41 bits per heavy atom. The summed E-state index contributed by atoms with van der Waals surface area (Å²) in [6, 6.07) is 10.5. The van der Waals surface area contributed by atoms with E-state index in [2.05, 4.69) is 24.1 Å². The van der Waals surface area contributed by atoms with E-state index >= 15 is 0 Å². The van der Waals surface area contributed by atoms with Gasteiger partial charge in [-0.15, -0.1) is 0 Å². The number of hydrogen-bond acceptors (Lipinski definition) is 3. The Balaban J connectivity index is 2.52. The number of benzene rings is 1. The molecule has 0 amide bonds. The van der Waals surface area contributed by atoms with E-state index in [1.165, 1.54) is 0 Å². The highest BCUT2D eigenvalue weighted by Crippen LogP contribution is 2.14. The molecule has 17 heavy (non-hydrogen) atoms. The van der Waals surface area contributed by atoms with Crippen LogP contribution in [0.25, 0.3) is 0 Å². The molecule has 1 rings (SSSR count). The summed E-state index contributed by atoms with van der Waals surface area (Å²) < 4.78 is 0. The Kier molecular flexibility index (Phi) is 4.97. The van der Waals surface area contributed by atoms with E-state index in [0.29, 0.717) is 19.1 Å². The number of nitrogens with zero attached hydrogens (tertiary/aromatic N) is 1. The molecule has 0 aliphatic carbocycles. The Morgan fingerprint density at radius 1 is 1.29 bits per heavy atom. The van der Waals surface area contributed by atoms with Gasteiger partial charge in [0.1, 0.15) is 0 Å². The minimum Gasteiger partial charge on any atom is -0.387 e. The van der Waals surface area contributed by atoms with Gasteiger partial charge in [0.15, 0.2) is 0 Å². The molecule has 0 fully saturated rings. The lowest BCUT2D eigenvalue weighted by atomic mass is 10.1. The highest BCUT2D eigenvalue weighted by molar-refractivity contribution is 5.45. The van der Waals surface area contributed by atoms with Gasteiger partial charge in [-0.05, 0) is 19.1 Å². The molecule has 3 nitrogen and oxygen atoms in total. The summed E-state index contributed by atoms with van der Waals surface area (Å²) in [4.78, 5) is 2.07. The van der Waals surface area contributed by atoms with Gasteiger partial charge in [0.05, 0.1) is 5.60 Å². The number of rotatable bonds is 6. The Bertz CT molecular complexity index is 322. The monoisotopic (exact) mass is 236 g/mol. The molecular weight excluding hydrogens is 212 g/mol. The fourth-order valence-corrected chi connectivity index (χ4v) is 1.76. The van der Waals surface area contributed by atoms with E-state index in [1.54, 1.807) is 0 Å². The molecule has 1 unspecified atom stereocenters. The number of hydrogen-bond donors (Lipinski definition) is 2. The van der Waals surface area contributed by atoms with Gasteiger partial charge < -0.3 is 15.3 Å². The van der Waals surface area contributed by atoms with Crippen LogP contribution in [0.1, 0.15) is 20.8 Å². The summed E-state index contributed by atoms with van der Waals surface area (Å²) in [6.07, 6.45) is 0. The SMILES string of the molecule is CC(C)NCC(C)(O)CN(C)c1ccccc1. The summed E-state index contributed by atoms with van der Waals surface area (Å²) in [5.41, 5.74) is 0.395. The zero-order chi connectivity index (χ0) is 12.9. The average molecular weight is 236 g/mol. The van der Waals surface area contributed by atoms with Crippen molar-refractivity contribution in [3.8, 4) is 0 Å². The molecule has 0 aliphatic heterocycles. The van der Waals surface area contributed by atoms with Crippen molar-refractivity contribution in [2.45, 2.75) is 32.4 Å². The Labute approximate surface area is 104 Å². The minimum absolute atomic E-state index is 0.392. The summed E-state index contributed by atoms with van der Waals surface area (Å²) in [6.45, 7) is 7.23. The van der Waals surface area contributed by atoms with E-state index in [0.717, 1.165) is 5.69 Å². The topological polar surface area (TPSA) is 35.5 Å². The third-order valence-electron chi connectivity index (χ3n) is 2.67. The lowest BCUT2D eigenvalue weighted by Crippen LogP contribution is -2.48. The zero-order valence-corrected chi connectivity index (χ0v) is 11.3. The first-order chi connectivity index (χ1) is 7.91. The minimum atomic E-state index is -0.727. The summed E-state index contributed by atoms with van der Waals surface area (Å²) >= 11 is 0. The van der Waals surface area contributed by atoms with Crippen LogP contribution >= 0.6 is 0 Å². The zero-order valence-electron chi connectivity index (χ0n) is 11.3. The maximum absolute atomic E-state index is 10.3. The van der Waals surface area contributed by atoms with Crippen LogP contribution in [0.15, 0.2) is 30.3 Å². The van der Waals surface area contributed by atoms with Crippen LogP contribution in [0.4, 0.5) is 5.69 Å². The van der Waals surface area contributed by atoms with Crippen molar-refractivity contribution in [2.75, 3.05) is 25.0 Å². The predicted molar refractivity (Wildman–Crippen MR) is 73.5 cm³/mol. The maximum Gasteiger partial charge on any atom is 0.0917 e. The van der Waals surface area contributed by atoms with Crippen LogP contribution in [0.2, 0.25) is 0 Å². The lowest BCUT2D eigenvalue weighted by molar-refractivity contribution is 0.0656. The molecule has 0 spiro atoms. The summed E-state index contributed by atoms with van der Waals surface area (Å²) in [5, 5.41) is 13.6. The first-order valence-electron chi connectivity index (χ1n) is 6.13. The molecule has 3 heteroatoms. The molecule has 0 bridgehead atoms. The van der Waals surface area contributed by atoms with Gasteiger partial charge in [0.25, 0.3) is 0 Å². The second-order valence-corrected chi connectivity index (χ2v) is 5.22. The van der Waals surface area contributed by atoms with Crippen molar-refractivity contribution in [2.24, 2.45) is 0 Å². The third kappa shape index (κ3) is 5.20. The fraction of sp³-hybridized carbons (Fsp3) is 0.571. The van der Waals surface area contributed by atoms with Crippen LogP contribution in [0.5, 0.6) is 0 Å². The number of nitrogens with one attached hydrogen (secondary N) is 1. The van der Waals surface area contributed by atoms with Gasteiger partial charge in [-0.3, -0.25) is 0 Å². The molecule has 0 aromatic heterocycles. The standard InChI is InChI=1S/C14H24N2O/c1-12(2)15-10-14(3,17)11-16(4)13-8-6-5-7-9-13/h5-9,12,15,17H,10-11H2,1-4H3. The Hall–Kier alpha value is -1.06. The van der Waals surface area contributed by atoms with Gasteiger partial charge in [0, 0.05) is 31.9 Å². The van der Waals surface area contributed by atoms with E-state index in [9.17, 15) is 5.11 Å². The first-order valence-corrected chi connectivity index (χ1v) is 6.13. The predicted octanol–water partition coefficient (Wildman–Crippen LogP) is 1.87. The van der Waals surface area contributed by atoms with Crippen molar-refractivity contribution in [1.29, 1.82) is 0 Å². The molecule has 0 saturated carbocycles. The van der Waals surface area contributed by atoms with Crippen LogP contribution in [0.3, 0.4) is 0 Å². The quantitative estimate of drug-likeness (QED) is 0.791. The van der Waals surface area contributed by atoms with Crippen LogP contribution in [-0.4, -0.2) is 36.9 Å². The molecule has 2 N–H and O–H groups in total. The first kappa shape index (κ1) is 14.0. The number of aliphatic hydroxyl groups is 1. The molecule has 1 aromatic carbocycles. The largest absolute Gasteiger partial charge is 0.387 e. The number of para-hydroxylation sites is 1. The maximum atomic E-state index is 10.3.